The van der Waals surface area contributed by atoms with E-state index < -0.39 is 11.4 Å². The summed E-state index contributed by atoms with van der Waals surface area (Å²) in [5, 5.41) is 9.08. The highest BCUT2D eigenvalue weighted by Crippen LogP contribution is 2.48. The molecule has 16 heavy (non-hydrogen) atoms. The molecule has 4 nitrogen and oxygen atoms in total. The normalized spacial score (nSPS) is 32.2. The molecule has 0 bridgehead atoms. The fourth-order valence-corrected chi connectivity index (χ4v) is 2.39. The molecule has 0 radical (unpaired) electrons. The molecule has 2 fully saturated rings. The summed E-state index contributed by atoms with van der Waals surface area (Å²) in [6, 6.07) is 0. The number of piperidine rings is 1. The van der Waals surface area contributed by atoms with Crippen molar-refractivity contribution in [3.05, 3.63) is 0 Å². The van der Waals surface area contributed by atoms with Crippen molar-refractivity contribution in [3.63, 3.8) is 0 Å². The fraction of sp³-hybridized carbons (Fsp3) is 0.833. The van der Waals surface area contributed by atoms with Crippen LogP contribution in [0.15, 0.2) is 0 Å². The molecule has 2 rings (SSSR count). The third kappa shape index (κ3) is 1.70. The second kappa shape index (κ2) is 3.75. The van der Waals surface area contributed by atoms with Gasteiger partial charge in [-0.2, -0.15) is 0 Å². The monoisotopic (exact) mass is 225 g/mol. The lowest BCUT2D eigenvalue weighted by atomic mass is 9.88. The summed E-state index contributed by atoms with van der Waals surface area (Å²) in [5.41, 5.74) is -1.06. The molecule has 1 heterocycles. The van der Waals surface area contributed by atoms with Gasteiger partial charge in [-0.1, -0.05) is 13.8 Å². The molecule has 0 aromatic carbocycles. The Labute approximate surface area is 95.6 Å². The summed E-state index contributed by atoms with van der Waals surface area (Å²) in [5.74, 6) is 0.00820. The molecule has 0 aromatic heterocycles. The second-order valence-electron chi connectivity index (χ2n) is 5.38. The van der Waals surface area contributed by atoms with Gasteiger partial charge in [0.25, 0.3) is 0 Å². The van der Waals surface area contributed by atoms with Gasteiger partial charge in [0.1, 0.15) is 5.41 Å². The minimum Gasteiger partial charge on any atom is -0.480 e. The molecule has 4 heteroatoms. The first kappa shape index (κ1) is 11.4. The van der Waals surface area contributed by atoms with Crippen LogP contribution in [0.2, 0.25) is 0 Å². The lowest BCUT2D eigenvalue weighted by molar-refractivity contribution is -0.154. The first-order valence-corrected chi connectivity index (χ1v) is 6.00. The molecular weight excluding hydrogens is 206 g/mol. The maximum absolute atomic E-state index is 12.1. The highest BCUT2D eigenvalue weighted by Gasteiger charge is 2.58. The van der Waals surface area contributed by atoms with Crippen molar-refractivity contribution in [2.24, 2.45) is 17.3 Å². The summed E-state index contributed by atoms with van der Waals surface area (Å²) >= 11 is 0. The Kier molecular flexibility index (Phi) is 2.68. The third-order valence-corrected chi connectivity index (χ3v) is 4.19. The standard InChI is InChI=1S/C12H19NO3/c1-8-3-6-13(7-9(8)2)10(14)12(4-5-12)11(15)16/h8-9H,3-7H2,1-2H3,(H,15,16). The van der Waals surface area contributed by atoms with Crippen molar-refractivity contribution in [3.8, 4) is 0 Å². The van der Waals surface area contributed by atoms with Crippen LogP contribution in [0.3, 0.4) is 0 Å². The van der Waals surface area contributed by atoms with Gasteiger partial charge in [0.05, 0.1) is 0 Å². The van der Waals surface area contributed by atoms with Gasteiger partial charge in [0, 0.05) is 13.1 Å². The smallest absolute Gasteiger partial charge is 0.319 e. The van der Waals surface area contributed by atoms with Gasteiger partial charge >= 0.3 is 5.97 Å². The van der Waals surface area contributed by atoms with Crippen LogP contribution < -0.4 is 0 Å². The van der Waals surface area contributed by atoms with Crippen LogP contribution >= 0.6 is 0 Å². The van der Waals surface area contributed by atoms with Crippen LogP contribution in [-0.4, -0.2) is 35.0 Å². The number of carboxylic acids is 1. The predicted octanol–water partition coefficient (Wildman–Crippen LogP) is 1.36. The summed E-state index contributed by atoms with van der Waals surface area (Å²) in [4.78, 5) is 24.9. The number of carboxylic acid groups (broad SMARTS) is 1. The summed E-state index contributed by atoms with van der Waals surface area (Å²) < 4.78 is 0. The highest BCUT2D eigenvalue weighted by molar-refractivity contribution is 6.04. The molecule has 1 aliphatic heterocycles. The predicted molar refractivity (Wildman–Crippen MR) is 58.8 cm³/mol. The lowest BCUT2D eigenvalue weighted by Gasteiger charge is -2.36. The highest BCUT2D eigenvalue weighted by atomic mass is 16.4. The van der Waals surface area contributed by atoms with E-state index in [1.807, 2.05) is 0 Å². The molecule has 0 aromatic rings. The van der Waals surface area contributed by atoms with Crippen LogP contribution in [0.5, 0.6) is 0 Å². The first-order valence-electron chi connectivity index (χ1n) is 6.00. The van der Waals surface area contributed by atoms with E-state index in [0.717, 1.165) is 19.5 Å². The molecule has 2 atom stereocenters. The van der Waals surface area contributed by atoms with Gasteiger partial charge in [-0.25, -0.2) is 0 Å². The second-order valence-corrected chi connectivity index (χ2v) is 5.38. The molecule has 0 spiro atoms. The molecule has 1 aliphatic carbocycles. The van der Waals surface area contributed by atoms with Crippen LogP contribution in [-0.2, 0) is 9.59 Å². The van der Waals surface area contributed by atoms with Crippen molar-refractivity contribution in [2.45, 2.75) is 33.1 Å². The molecule has 1 saturated heterocycles. The third-order valence-electron chi connectivity index (χ3n) is 4.19. The fourth-order valence-electron chi connectivity index (χ4n) is 2.39. The van der Waals surface area contributed by atoms with Crippen molar-refractivity contribution in [1.29, 1.82) is 0 Å². The maximum Gasteiger partial charge on any atom is 0.319 e. The quantitative estimate of drug-likeness (QED) is 0.722. The number of nitrogens with zero attached hydrogens (tertiary/aromatic N) is 1. The summed E-state index contributed by atoms with van der Waals surface area (Å²) in [6.07, 6.45) is 2.02. The Bertz CT molecular complexity index is 322. The Morgan fingerprint density at radius 1 is 1.25 bits per heavy atom. The number of rotatable bonds is 2. The van der Waals surface area contributed by atoms with E-state index in [9.17, 15) is 9.59 Å². The maximum atomic E-state index is 12.1. The molecule has 2 unspecified atom stereocenters. The van der Waals surface area contributed by atoms with Crippen molar-refractivity contribution in [1.82, 2.24) is 4.90 Å². The van der Waals surface area contributed by atoms with Gasteiger partial charge in [-0.3, -0.25) is 9.59 Å². The van der Waals surface area contributed by atoms with Crippen molar-refractivity contribution in [2.75, 3.05) is 13.1 Å². The molecule has 1 saturated carbocycles. The van der Waals surface area contributed by atoms with Gasteiger partial charge in [-0.15, -0.1) is 0 Å². The molecule has 1 amide bonds. The van der Waals surface area contributed by atoms with Crippen LogP contribution in [0, 0.1) is 17.3 Å². The molecular formula is C12H19NO3. The number of aliphatic carboxylic acids is 1. The van der Waals surface area contributed by atoms with Crippen molar-refractivity contribution >= 4 is 11.9 Å². The van der Waals surface area contributed by atoms with Crippen molar-refractivity contribution < 1.29 is 14.7 Å². The number of hydrogen-bond donors (Lipinski definition) is 1. The summed E-state index contributed by atoms with van der Waals surface area (Å²) in [6.45, 7) is 5.76. The zero-order chi connectivity index (χ0) is 11.9. The minimum atomic E-state index is -1.06. The van der Waals surface area contributed by atoms with Crippen LogP contribution in [0.25, 0.3) is 0 Å². The van der Waals surface area contributed by atoms with E-state index >= 15 is 0 Å². The number of likely N-dealkylation sites (tertiary alicyclic amines) is 1. The van der Waals surface area contributed by atoms with Gasteiger partial charge in [0.15, 0.2) is 0 Å². The number of carbonyl (C=O) groups excluding carboxylic acids is 1. The topological polar surface area (TPSA) is 57.6 Å². The Morgan fingerprint density at radius 3 is 2.31 bits per heavy atom. The van der Waals surface area contributed by atoms with E-state index in [1.54, 1.807) is 4.90 Å². The van der Waals surface area contributed by atoms with E-state index in [-0.39, 0.29) is 5.91 Å². The Hall–Kier alpha value is -1.06. The van der Waals surface area contributed by atoms with Crippen LogP contribution in [0.4, 0.5) is 0 Å². The zero-order valence-electron chi connectivity index (χ0n) is 9.90. The van der Waals surface area contributed by atoms with E-state index in [1.165, 1.54) is 0 Å². The van der Waals surface area contributed by atoms with E-state index in [4.69, 9.17) is 5.11 Å². The lowest BCUT2D eigenvalue weighted by Crippen LogP contribution is -2.47. The molecule has 1 N–H and O–H groups in total. The zero-order valence-corrected chi connectivity index (χ0v) is 9.90. The van der Waals surface area contributed by atoms with Crippen LogP contribution in [0.1, 0.15) is 33.1 Å². The summed E-state index contributed by atoms with van der Waals surface area (Å²) in [7, 11) is 0. The Balaban J connectivity index is 2.04. The molecule has 90 valence electrons. The number of carbonyl (C=O) groups is 2. The van der Waals surface area contributed by atoms with Gasteiger partial charge < -0.3 is 10.0 Å². The number of hydrogen-bond acceptors (Lipinski definition) is 2. The number of amides is 1. The molecule has 2 aliphatic rings. The van der Waals surface area contributed by atoms with E-state index in [0.29, 0.717) is 24.7 Å². The average molecular weight is 225 g/mol. The largest absolute Gasteiger partial charge is 0.480 e. The van der Waals surface area contributed by atoms with E-state index in [2.05, 4.69) is 13.8 Å². The first-order chi connectivity index (χ1) is 7.47. The SMILES string of the molecule is CC1CCN(C(=O)C2(C(=O)O)CC2)CC1C. The minimum absolute atomic E-state index is 0.154. The Morgan fingerprint density at radius 2 is 1.88 bits per heavy atom. The van der Waals surface area contributed by atoms with Gasteiger partial charge in [-0.05, 0) is 31.1 Å². The van der Waals surface area contributed by atoms with Gasteiger partial charge in [0.2, 0.25) is 5.91 Å². The average Bonchev–Trinajstić information content (AvgIpc) is 3.02.